The fraction of sp³-hybridized carbons (Fsp3) is 0.364. The zero-order valence-electron chi connectivity index (χ0n) is 9.40. The summed E-state index contributed by atoms with van der Waals surface area (Å²) < 4.78 is 5.10. The van der Waals surface area contributed by atoms with Gasteiger partial charge in [0, 0.05) is 13.0 Å². The molecule has 92 valence electrons. The summed E-state index contributed by atoms with van der Waals surface area (Å²) in [6.07, 6.45) is 0.842. The molecule has 0 spiro atoms. The van der Waals surface area contributed by atoms with Gasteiger partial charge in [-0.3, -0.25) is 9.59 Å². The van der Waals surface area contributed by atoms with Crippen LogP contribution in [0.2, 0.25) is 0 Å². The van der Waals surface area contributed by atoms with E-state index in [2.05, 4.69) is 31.0 Å². The van der Waals surface area contributed by atoms with E-state index in [0.29, 0.717) is 29.7 Å². The van der Waals surface area contributed by atoms with E-state index in [1.807, 2.05) is 0 Å². The smallest absolute Gasteiger partial charge is 0.305 e. The Kier molecular flexibility index (Phi) is 5.62. The Morgan fingerprint density at radius 1 is 1.47 bits per heavy atom. The number of aromatic nitrogens is 1. The van der Waals surface area contributed by atoms with Crippen molar-refractivity contribution in [3.05, 3.63) is 28.5 Å². The van der Waals surface area contributed by atoms with E-state index < -0.39 is 0 Å². The van der Waals surface area contributed by atoms with E-state index in [1.54, 1.807) is 18.2 Å². The first-order valence-electron chi connectivity index (χ1n) is 5.11. The van der Waals surface area contributed by atoms with Gasteiger partial charge in [0.2, 0.25) is 0 Å². The van der Waals surface area contributed by atoms with Crippen molar-refractivity contribution in [3.8, 4) is 0 Å². The molecular formula is C11H13BrN2O3. The minimum atomic E-state index is -0.278. The molecule has 1 heterocycles. The van der Waals surface area contributed by atoms with Gasteiger partial charge in [-0.15, -0.1) is 0 Å². The van der Waals surface area contributed by atoms with Crippen molar-refractivity contribution < 1.29 is 14.3 Å². The van der Waals surface area contributed by atoms with E-state index in [4.69, 9.17) is 0 Å². The van der Waals surface area contributed by atoms with Gasteiger partial charge in [0.15, 0.2) is 0 Å². The number of hydrogen-bond acceptors (Lipinski definition) is 4. The van der Waals surface area contributed by atoms with E-state index in [0.717, 1.165) is 0 Å². The van der Waals surface area contributed by atoms with Gasteiger partial charge < -0.3 is 10.1 Å². The topological polar surface area (TPSA) is 68.3 Å². The predicted molar refractivity (Wildman–Crippen MR) is 65.5 cm³/mol. The highest BCUT2D eigenvalue weighted by molar-refractivity contribution is 9.10. The number of hydrogen-bond donors (Lipinski definition) is 1. The zero-order chi connectivity index (χ0) is 12.7. The fourth-order valence-electron chi connectivity index (χ4n) is 1.16. The van der Waals surface area contributed by atoms with Crippen LogP contribution in [0, 0.1) is 0 Å². The first kappa shape index (κ1) is 13.6. The number of esters is 1. The maximum absolute atomic E-state index is 11.6. The van der Waals surface area contributed by atoms with Gasteiger partial charge in [-0.1, -0.05) is 6.07 Å². The first-order valence-corrected chi connectivity index (χ1v) is 5.90. The van der Waals surface area contributed by atoms with Crippen LogP contribution in [0.1, 0.15) is 23.3 Å². The third kappa shape index (κ3) is 4.95. The van der Waals surface area contributed by atoms with Gasteiger partial charge in [0.1, 0.15) is 10.3 Å². The van der Waals surface area contributed by atoms with E-state index in [9.17, 15) is 9.59 Å². The lowest BCUT2D eigenvalue weighted by molar-refractivity contribution is -0.140. The van der Waals surface area contributed by atoms with Crippen LogP contribution in [-0.4, -0.2) is 30.5 Å². The number of methoxy groups -OCH3 is 1. The molecule has 0 saturated heterocycles. The van der Waals surface area contributed by atoms with Crippen LogP contribution in [0.5, 0.6) is 0 Å². The first-order chi connectivity index (χ1) is 8.13. The number of rotatable bonds is 5. The Hall–Kier alpha value is -1.43. The highest BCUT2D eigenvalue weighted by Gasteiger charge is 2.07. The number of ether oxygens (including phenoxy) is 1. The fourth-order valence-corrected chi connectivity index (χ4v) is 1.51. The molecule has 0 aliphatic rings. The predicted octanol–water partition coefficient (Wildman–Crippen LogP) is 1.53. The number of nitrogens with zero attached hydrogens (tertiary/aromatic N) is 1. The number of halogens is 1. The number of carbonyl (C=O) groups excluding carboxylic acids is 2. The molecule has 0 bridgehead atoms. The summed E-state index contributed by atoms with van der Waals surface area (Å²) >= 11 is 3.19. The van der Waals surface area contributed by atoms with Crippen LogP contribution in [0.15, 0.2) is 22.8 Å². The van der Waals surface area contributed by atoms with Gasteiger partial charge in [0.05, 0.1) is 7.11 Å². The molecule has 5 nitrogen and oxygen atoms in total. The second-order valence-electron chi connectivity index (χ2n) is 3.28. The minimum absolute atomic E-state index is 0.254. The van der Waals surface area contributed by atoms with Crippen LogP contribution in [-0.2, 0) is 9.53 Å². The normalized spacial score (nSPS) is 9.76. The number of amides is 1. The van der Waals surface area contributed by atoms with Crippen molar-refractivity contribution in [1.82, 2.24) is 10.3 Å². The molecule has 6 heteroatoms. The second kappa shape index (κ2) is 7.01. The molecule has 0 atom stereocenters. The molecule has 1 amide bonds. The van der Waals surface area contributed by atoms with Crippen molar-refractivity contribution in [2.75, 3.05) is 13.7 Å². The van der Waals surface area contributed by atoms with Gasteiger partial charge in [-0.05, 0) is 34.5 Å². The summed E-state index contributed by atoms with van der Waals surface area (Å²) in [6.45, 7) is 0.419. The minimum Gasteiger partial charge on any atom is -0.469 e. The molecule has 0 unspecified atom stereocenters. The molecule has 0 saturated carbocycles. The molecule has 1 N–H and O–H groups in total. The highest BCUT2D eigenvalue weighted by atomic mass is 79.9. The van der Waals surface area contributed by atoms with Crippen molar-refractivity contribution in [2.24, 2.45) is 0 Å². The molecule has 0 fully saturated rings. The summed E-state index contributed by atoms with van der Waals surface area (Å²) in [4.78, 5) is 26.4. The van der Waals surface area contributed by atoms with E-state index in [1.165, 1.54) is 7.11 Å². The van der Waals surface area contributed by atoms with Crippen LogP contribution in [0.3, 0.4) is 0 Å². The number of carbonyl (C=O) groups is 2. The lowest BCUT2D eigenvalue weighted by atomic mass is 10.3. The van der Waals surface area contributed by atoms with Crippen LogP contribution < -0.4 is 5.32 Å². The Labute approximate surface area is 108 Å². The molecular weight excluding hydrogens is 288 g/mol. The van der Waals surface area contributed by atoms with Crippen molar-refractivity contribution in [3.63, 3.8) is 0 Å². The lowest BCUT2D eigenvalue weighted by Crippen LogP contribution is -2.25. The average Bonchev–Trinajstić information content (AvgIpc) is 2.34. The molecule has 1 rings (SSSR count). The van der Waals surface area contributed by atoms with Crippen molar-refractivity contribution in [1.29, 1.82) is 0 Å². The van der Waals surface area contributed by atoms with Gasteiger partial charge in [-0.25, -0.2) is 4.98 Å². The number of nitrogens with one attached hydrogen (secondary N) is 1. The Morgan fingerprint density at radius 3 is 2.88 bits per heavy atom. The number of pyridine rings is 1. The lowest BCUT2D eigenvalue weighted by Gasteiger charge is -2.04. The third-order valence-corrected chi connectivity index (χ3v) is 2.46. The Morgan fingerprint density at radius 2 is 2.24 bits per heavy atom. The van der Waals surface area contributed by atoms with Gasteiger partial charge in [-0.2, -0.15) is 0 Å². The van der Waals surface area contributed by atoms with E-state index in [-0.39, 0.29) is 11.9 Å². The second-order valence-corrected chi connectivity index (χ2v) is 4.09. The summed E-state index contributed by atoms with van der Waals surface area (Å²) in [5, 5.41) is 2.68. The monoisotopic (exact) mass is 300 g/mol. The average molecular weight is 301 g/mol. The van der Waals surface area contributed by atoms with Gasteiger partial charge in [0.25, 0.3) is 5.91 Å². The van der Waals surface area contributed by atoms with Crippen molar-refractivity contribution >= 4 is 27.8 Å². The maximum atomic E-state index is 11.6. The Bertz CT molecular complexity index is 409. The third-order valence-electron chi connectivity index (χ3n) is 2.02. The van der Waals surface area contributed by atoms with E-state index >= 15 is 0 Å². The Balaban J connectivity index is 2.33. The maximum Gasteiger partial charge on any atom is 0.305 e. The molecule has 0 radical (unpaired) electrons. The summed E-state index contributed by atoms with van der Waals surface area (Å²) in [5.74, 6) is -0.531. The SMILES string of the molecule is COC(=O)CCCNC(=O)c1cccc(Br)n1. The van der Waals surface area contributed by atoms with Crippen LogP contribution in [0.25, 0.3) is 0 Å². The highest BCUT2D eigenvalue weighted by Crippen LogP contribution is 2.06. The standard InChI is InChI=1S/C11H13BrN2O3/c1-17-10(15)6-3-7-13-11(16)8-4-2-5-9(12)14-8/h2,4-5H,3,6-7H2,1H3,(H,13,16). The van der Waals surface area contributed by atoms with Crippen LogP contribution in [0.4, 0.5) is 0 Å². The molecule has 0 aromatic carbocycles. The quantitative estimate of drug-likeness (QED) is 0.509. The van der Waals surface area contributed by atoms with Gasteiger partial charge >= 0.3 is 5.97 Å². The summed E-state index contributed by atoms with van der Waals surface area (Å²) in [7, 11) is 1.34. The summed E-state index contributed by atoms with van der Waals surface area (Å²) in [5.41, 5.74) is 0.345. The van der Waals surface area contributed by atoms with Crippen molar-refractivity contribution in [2.45, 2.75) is 12.8 Å². The zero-order valence-corrected chi connectivity index (χ0v) is 11.0. The molecule has 0 aliphatic carbocycles. The molecule has 0 aliphatic heterocycles. The largest absolute Gasteiger partial charge is 0.469 e. The van der Waals surface area contributed by atoms with Crippen LogP contribution >= 0.6 is 15.9 Å². The summed E-state index contributed by atoms with van der Waals surface area (Å²) in [6, 6.07) is 5.11. The molecule has 1 aromatic heterocycles. The molecule has 17 heavy (non-hydrogen) atoms. The molecule has 1 aromatic rings.